The second kappa shape index (κ2) is 5.25. The molecule has 0 amide bonds. The second-order valence-corrected chi connectivity index (χ2v) is 5.68. The maximum Gasteiger partial charge on any atom is 0.129 e. The van der Waals surface area contributed by atoms with Crippen LogP contribution in [0.5, 0.6) is 0 Å². The van der Waals surface area contributed by atoms with Crippen LogP contribution < -0.4 is 4.90 Å². The Balaban J connectivity index is 1.89. The minimum Gasteiger partial charge on any atom is -0.352 e. The lowest BCUT2D eigenvalue weighted by atomic mass is 10.3. The molecule has 3 rings (SSSR count). The summed E-state index contributed by atoms with van der Waals surface area (Å²) in [6.07, 6.45) is 1.81. The molecule has 0 spiro atoms. The van der Waals surface area contributed by atoms with Crippen molar-refractivity contribution in [3.63, 3.8) is 0 Å². The highest BCUT2D eigenvalue weighted by molar-refractivity contribution is 9.10. The van der Waals surface area contributed by atoms with Crippen molar-refractivity contribution in [3.05, 3.63) is 52.9 Å². The van der Waals surface area contributed by atoms with Crippen LogP contribution in [0.25, 0.3) is 11.0 Å². The fourth-order valence-corrected chi connectivity index (χ4v) is 2.46. The van der Waals surface area contributed by atoms with E-state index in [2.05, 4.69) is 41.4 Å². The first-order valence-electron chi connectivity index (χ1n) is 6.38. The normalized spacial score (nSPS) is 10.9. The van der Waals surface area contributed by atoms with Crippen molar-refractivity contribution in [1.29, 1.82) is 0 Å². The number of hydrogen-bond donors (Lipinski definition) is 0. The molecule has 0 unspecified atom stereocenters. The van der Waals surface area contributed by atoms with Crippen LogP contribution in [0.1, 0.15) is 5.82 Å². The summed E-state index contributed by atoms with van der Waals surface area (Å²) < 4.78 is 3.11. The van der Waals surface area contributed by atoms with Gasteiger partial charge in [-0.1, -0.05) is 12.1 Å². The molecule has 0 radical (unpaired) electrons. The number of benzene rings is 1. The van der Waals surface area contributed by atoms with Gasteiger partial charge in [0.05, 0.1) is 17.6 Å². The number of para-hydroxylation sites is 2. The van der Waals surface area contributed by atoms with E-state index in [1.807, 2.05) is 44.4 Å². The smallest absolute Gasteiger partial charge is 0.129 e. The maximum absolute atomic E-state index is 4.68. The summed E-state index contributed by atoms with van der Waals surface area (Å²) in [6.45, 7) is 0.722. The summed E-state index contributed by atoms with van der Waals surface area (Å²) in [5, 5.41) is 0. The van der Waals surface area contributed by atoms with Crippen LogP contribution in [0.4, 0.5) is 5.82 Å². The highest BCUT2D eigenvalue weighted by atomic mass is 79.9. The second-order valence-electron chi connectivity index (χ2n) is 4.77. The van der Waals surface area contributed by atoms with Crippen molar-refractivity contribution in [1.82, 2.24) is 14.5 Å². The standard InChI is InChI=1S/C15H15BrN4/c1-19(14-8-7-11(16)9-17-14)10-15-18-12-5-3-4-6-13(12)20(15)2/h3-9H,10H2,1-2H3. The Morgan fingerprint density at radius 1 is 1.20 bits per heavy atom. The first kappa shape index (κ1) is 13.1. The van der Waals surface area contributed by atoms with Crippen LogP contribution in [0.3, 0.4) is 0 Å². The third kappa shape index (κ3) is 2.41. The van der Waals surface area contributed by atoms with Gasteiger partial charge in [0.1, 0.15) is 11.6 Å². The summed E-state index contributed by atoms with van der Waals surface area (Å²) in [7, 11) is 4.07. The topological polar surface area (TPSA) is 34.0 Å². The zero-order chi connectivity index (χ0) is 14.1. The largest absolute Gasteiger partial charge is 0.352 e. The average Bonchev–Trinajstić information content (AvgIpc) is 2.77. The molecular weight excluding hydrogens is 316 g/mol. The summed E-state index contributed by atoms with van der Waals surface area (Å²) in [5.74, 6) is 1.96. The Hall–Kier alpha value is -1.88. The third-order valence-corrected chi connectivity index (χ3v) is 3.83. The molecule has 102 valence electrons. The molecule has 0 N–H and O–H groups in total. The number of aromatic nitrogens is 3. The van der Waals surface area contributed by atoms with Gasteiger partial charge >= 0.3 is 0 Å². The molecular formula is C15H15BrN4. The number of anilines is 1. The molecule has 0 aliphatic rings. The molecule has 1 aromatic carbocycles. The molecule has 5 heteroatoms. The lowest BCUT2D eigenvalue weighted by molar-refractivity contribution is 0.768. The Kier molecular flexibility index (Phi) is 3.44. The van der Waals surface area contributed by atoms with Crippen LogP contribution in [0, 0.1) is 0 Å². The van der Waals surface area contributed by atoms with E-state index in [9.17, 15) is 0 Å². The molecule has 0 aliphatic carbocycles. The number of halogens is 1. The van der Waals surface area contributed by atoms with Crippen molar-refractivity contribution >= 4 is 32.8 Å². The predicted octanol–water partition coefficient (Wildman–Crippen LogP) is 3.37. The number of pyridine rings is 1. The van der Waals surface area contributed by atoms with Gasteiger partial charge in [-0.15, -0.1) is 0 Å². The molecule has 0 saturated carbocycles. The van der Waals surface area contributed by atoms with E-state index in [1.165, 1.54) is 0 Å². The van der Waals surface area contributed by atoms with Crippen LogP contribution in [-0.4, -0.2) is 21.6 Å². The predicted molar refractivity (Wildman–Crippen MR) is 84.8 cm³/mol. The quantitative estimate of drug-likeness (QED) is 0.738. The SMILES string of the molecule is CN(Cc1nc2ccccc2n1C)c1ccc(Br)cn1. The molecule has 0 fully saturated rings. The Morgan fingerprint density at radius 2 is 2.00 bits per heavy atom. The molecule has 4 nitrogen and oxygen atoms in total. The number of fused-ring (bicyclic) bond motifs is 1. The van der Waals surface area contributed by atoms with E-state index in [1.54, 1.807) is 6.20 Å². The fraction of sp³-hybridized carbons (Fsp3) is 0.200. The van der Waals surface area contributed by atoms with Crippen LogP contribution in [0.2, 0.25) is 0 Å². The molecule has 2 aromatic heterocycles. The maximum atomic E-state index is 4.68. The van der Waals surface area contributed by atoms with Crippen molar-refractivity contribution < 1.29 is 0 Å². The van der Waals surface area contributed by atoms with E-state index >= 15 is 0 Å². The first-order valence-corrected chi connectivity index (χ1v) is 7.17. The van der Waals surface area contributed by atoms with Crippen LogP contribution in [-0.2, 0) is 13.6 Å². The monoisotopic (exact) mass is 330 g/mol. The van der Waals surface area contributed by atoms with Crippen LogP contribution in [0.15, 0.2) is 47.1 Å². The van der Waals surface area contributed by atoms with E-state index in [-0.39, 0.29) is 0 Å². The van der Waals surface area contributed by atoms with E-state index in [0.717, 1.165) is 33.7 Å². The molecule has 3 aromatic rings. The summed E-state index contributed by atoms with van der Waals surface area (Å²) in [6, 6.07) is 12.2. The zero-order valence-corrected chi connectivity index (χ0v) is 13.0. The Morgan fingerprint density at radius 3 is 2.70 bits per heavy atom. The average molecular weight is 331 g/mol. The van der Waals surface area contributed by atoms with Crippen molar-refractivity contribution in [3.8, 4) is 0 Å². The van der Waals surface area contributed by atoms with Gasteiger partial charge in [0, 0.05) is 24.8 Å². The van der Waals surface area contributed by atoms with Gasteiger partial charge < -0.3 is 9.47 Å². The number of hydrogen-bond acceptors (Lipinski definition) is 3. The number of imidazole rings is 1. The first-order chi connectivity index (χ1) is 9.65. The minimum absolute atomic E-state index is 0.722. The van der Waals surface area contributed by atoms with Gasteiger partial charge in [0.2, 0.25) is 0 Å². The summed E-state index contributed by atoms with van der Waals surface area (Å²) >= 11 is 3.40. The molecule has 2 heterocycles. The van der Waals surface area contributed by atoms with Gasteiger partial charge in [-0.3, -0.25) is 0 Å². The van der Waals surface area contributed by atoms with Gasteiger partial charge in [0.15, 0.2) is 0 Å². The van der Waals surface area contributed by atoms with Gasteiger partial charge in [-0.25, -0.2) is 9.97 Å². The molecule has 20 heavy (non-hydrogen) atoms. The van der Waals surface area contributed by atoms with Crippen molar-refractivity contribution in [2.75, 3.05) is 11.9 Å². The Bertz CT molecular complexity index is 733. The molecule has 0 aliphatic heterocycles. The Labute approximate surface area is 126 Å². The van der Waals surface area contributed by atoms with E-state index < -0.39 is 0 Å². The molecule has 0 saturated heterocycles. The summed E-state index contributed by atoms with van der Waals surface area (Å²) in [4.78, 5) is 11.2. The fourth-order valence-electron chi connectivity index (χ4n) is 2.22. The van der Waals surface area contributed by atoms with Gasteiger partial charge in [0.25, 0.3) is 0 Å². The van der Waals surface area contributed by atoms with Crippen molar-refractivity contribution in [2.24, 2.45) is 7.05 Å². The van der Waals surface area contributed by atoms with Gasteiger partial charge in [-0.05, 0) is 40.2 Å². The third-order valence-electron chi connectivity index (χ3n) is 3.36. The minimum atomic E-state index is 0.722. The number of nitrogens with zero attached hydrogens (tertiary/aromatic N) is 4. The molecule has 0 atom stereocenters. The molecule has 0 bridgehead atoms. The highest BCUT2D eigenvalue weighted by Crippen LogP contribution is 2.18. The number of rotatable bonds is 3. The summed E-state index contributed by atoms with van der Waals surface area (Å²) in [5.41, 5.74) is 2.18. The van der Waals surface area contributed by atoms with E-state index in [4.69, 9.17) is 0 Å². The lowest BCUT2D eigenvalue weighted by Crippen LogP contribution is -2.19. The van der Waals surface area contributed by atoms with Gasteiger partial charge in [-0.2, -0.15) is 0 Å². The van der Waals surface area contributed by atoms with E-state index in [0.29, 0.717) is 0 Å². The lowest BCUT2D eigenvalue weighted by Gasteiger charge is -2.17. The number of aryl methyl sites for hydroxylation is 1. The zero-order valence-electron chi connectivity index (χ0n) is 11.4. The highest BCUT2D eigenvalue weighted by Gasteiger charge is 2.10. The van der Waals surface area contributed by atoms with Crippen LogP contribution >= 0.6 is 15.9 Å². The van der Waals surface area contributed by atoms with Crippen molar-refractivity contribution in [2.45, 2.75) is 6.54 Å².